The van der Waals surface area contributed by atoms with Crippen molar-refractivity contribution in [3.63, 3.8) is 0 Å². The van der Waals surface area contributed by atoms with E-state index in [1.807, 2.05) is 45.2 Å². The van der Waals surface area contributed by atoms with Crippen molar-refractivity contribution in [1.82, 2.24) is 4.98 Å². The minimum atomic E-state index is -0.390. The summed E-state index contributed by atoms with van der Waals surface area (Å²) in [6.45, 7) is 5.66. The number of hydrogen-bond donors (Lipinski definition) is 1. The number of rotatable bonds is 3. The summed E-state index contributed by atoms with van der Waals surface area (Å²) < 4.78 is 5.97. The van der Waals surface area contributed by atoms with Crippen LogP contribution in [0.5, 0.6) is 11.5 Å². The van der Waals surface area contributed by atoms with Gasteiger partial charge in [-0.15, -0.1) is 0 Å². The molecule has 3 aromatic rings. The number of nitrogens with zero attached hydrogens (tertiary/aromatic N) is 1. The van der Waals surface area contributed by atoms with Crippen molar-refractivity contribution < 1.29 is 9.66 Å². The monoisotopic (exact) mass is 296 g/mol. The fourth-order valence-corrected chi connectivity index (χ4v) is 2.61. The van der Waals surface area contributed by atoms with Gasteiger partial charge in [0.05, 0.1) is 4.92 Å². The Kier molecular flexibility index (Phi) is 3.33. The number of aromatic nitrogens is 1. The van der Waals surface area contributed by atoms with Crippen LogP contribution >= 0.6 is 0 Å². The maximum atomic E-state index is 10.9. The molecular formula is C17H16N2O3. The smallest absolute Gasteiger partial charge is 0.270 e. The molecule has 0 radical (unpaired) electrons. The zero-order valence-corrected chi connectivity index (χ0v) is 12.6. The van der Waals surface area contributed by atoms with Gasteiger partial charge in [-0.25, -0.2) is 0 Å². The Labute approximate surface area is 127 Å². The minimum absolute atomic E-state index is 0.0827. The number of nitrogens with one attached hydrogen (secondary N) is 1. The summed E-state index contributed by atoms with van der Waals surface area (Å²) in [5, 5.41) is 12.0. The van der Waals surface area contributed by atoms with Crippen LogP contribution in [0.15, 0.2) is 36.5 Å². The van der Waals surface area contributed by atoms with E-state index in [0.29, 0.717) is 5.75 Å². The van der Waals surface area contributed by atoms with Crippen molar-refractivity contribution in [3.8, 4) is 11.5 Å². The highest BCUT2D eigenvalue weighted by molar-refractivity contribution is 5.84. The number of hydrogen-bond acceptors (Lipinski definition) is 3. The predicted molar refractivity (Wildman–Crippen MR) is 85.7 cm³/mol. The Morgan fingerprint density at radius 2 is 1.73 bits per heavy atom. The Hall–Kier alpha value is -2.82. The van der Waals surface area contributed by atoms with Crippen molar-refractivity contribution in [2.45, 2.75) is 20.8 Å². The lowest BCUT2D eigenvalue weighted by atomic mass is 10.1. The first kappa shape index (κ1) is 14.1. The third kappa shape index (κ3) is 2.41. The molecule has 5 nitrogen and oxygen atoms in total. The number of fused-ring (bicyclic) bond motifs is 1. The van der Waals surface area contributed by atoms with Gasteiger partial charge in [-0.3, -0.25) is 10.1 Å². The Bertz CT molecular complexity index is 858. The first-order valence-electron chi connectivity index (χ1n) is 6.97. The number of benzene rings is 2. The van der Waals surface area contributed by atoms with E-state index in [1.165, 1.54) is 12.1 Å². The first-order valence-corrected chi connectivity index (χ1v) is 6.97. The van der Waals surface area contributed by atoms with E-state index in [4.69, 9.17) is 4.74 Å². The summed E-state index contributed by atoms with van der Waals surface area (Å²) in [5.41, 5.74) is 3.79. The summed E-state index contributed by atoms with van der Waals surface area (Å²) >= 11 is 0. The van der Waals surface area contributed by atoms with E-state index in [2.05, 4.69) is 4.98 Å². The second kappa shape index (κ2) is 5.18. The van der Waals surface area contributed by atoms with Crippen molar-refractivity contribution >= 4 is 16.6 Å². The lowest BCUT2D eigenvalue weighted by Gasteiger charge is -2.12. The van der Waals surface area contributed by atoms with Crippen LogP contribution in [0.4, 0.5) is 5.69 Å². The van der Waals surface area contributed by atoms with Gasteiger partial charge in [-0.1, -0.05) is 0 Å². The number of non-ortho nitro benzene ring substituents is 1. The molecule has 1 N–H and O–H groups in total. The molecule has 1 heterocycles. The molecule has 0 unspecified atom stereocenters. The molecular weight excluding hydrogens is 280 g/mol. The van der Waals surface area contributed by atoms with Gasteiger partial charge in [0, 0.05) is 29.2 Å². The van der Waals surface area contributed by atoms with Crippen LogP contribution in [-0.4, -0.2) is 9.91 Å². The van der Waals surface area contributed by atoms with Gasteiger partial charge < -0.3 is 9.72 Å². The summed E-state index contributed by atoms with van der Waals surface area (Å²) in [6.07, 6.45) is 1.96. The third-order valence-corrected chi connectivity index (χ3v) is 3.74. The SMILES string of the molecule is Cc1cc([N+](=O)[O-])cc(C)c1Oc1ccc2[nH]cc(C)c2c1. The quantitative estimate of drug-likeness (QED) is 0.558. The number of aryl methyl sites for hydroxylation is 3. The molecule has 2 aromatic carbocycles. The first-order chi connectivity index (χ1) is 10.5. The Morgan fingerprint density at radius 3 is 2.36 bits per heavy atom. The largest absolute Gasteiger partial charge is 0.457 e. The highest BCUT2D eigenvalue weighted by atomic mass is 16.6. The van der Waals surface area contributed by atoms with Gasteiger partial charge >= 0.3 is 0 Å². The van der Waals surface area contributed by atoms with Crippen LogP contribution < -0.4 is 4.74 Å². The van der Waals surface area contributed by atoms with Crippen LogP contribution in [0.2, 0.25) is 0 Å². The molecule has 0 amide bonds. The lowest BCUT2D eigenvalue weighted by Crippen LogP contribution is -1.95. The van der Waals surface area contributed by atoms with E-state index in [0.717, 1.165) is 33.3 Å². The van der Waals surface area contributed by atoms with Crippen molar-refractivity contribution in [2.24, 2.45) is 0 Å². The Morgan fingerprint density at radius 1 is 1.05 bits per heavy atom. The van der Waals surface area contributed by atoms with E-state index in [9.17, 15) is 10.1 Å². The van der Waals surface area contributed by atoms with Crippen LogP contribution in [0.3, 0.4) is 0 Å². The number of nitro benzene ring substituents is 1. The zero-order valence-electron chi connectivity index (χ0n) is 12.6. The fraction of sp³-hybridized carbons (Fsp3) is 0.176. The highest BCUT2D eigenvalue weighted by Crippen LogP contribution is 2.33. The molecule has 5 heteroatoms. The molecule has 1 aromatic heterocycles. The van der Waals surface area contributed by atoms with Crippen LogP contribution in [0, 0.1) is 30.9 Å². The maximum absolute atomic E-state index is 10.9. The molecule has 0 saturated heterocycles. The van der Waals surface area contributed by atoms with E-state index in [-0.39, 0.29) is 10.6 Å². The van der Waals surface area contributed by atoms with Crippen LogP contribution in [0.1, 0.15) is 16.7 Å². The molecule has 0 atom stereocenters. The Balaban J connectivity index is 2.01. The predicted octanol–water partition coefficient (Wildman–Crippen LogP) is 4.79. The molecule has 22 heavy (non-hydrogen) atoms. The van der Waals surface area contributed by atoms with E-state index in [1.54, 1.807) is 0 Å². The van der Waals surface area contributed by atoms with E-state index < -0.39 is 0 Å². The molecule has 112 valence electrons. The van der Waals surface area contributed by atoms with Gasteiger partial charge in [0.1, 0.15) is 11.5 Å². The summed E-state index contributed by atoms with van der Waals surface area (Å²) in [5.74, 6) is 1.38. The topological polar surface area (TPSA) is 68.2 Å². The minimum Gasteiger partial charge on any atom is -0.457 e. The number of nitro groups is 1. The number of H-pyrrole nitrogens is 1. The fourth-order valence-electron chi connectivity index (χ4n) is 2.61. The summed E-state index contributed by atoms with van der Waals surface area (Å²) in [4.78, 5) is 13.7. The summed E-state index contributed by atoms with van der Waals surface area (Å²) in [7, 11) is 0. The molecule has 0 fully saturated rings. The maximum Gasteiger partial charge on any atom is 0.270 e. The van der Waals surface area contributed by atoms with Crippen molar-refractivity contribution in [3.05, 3.63) is 63.3 Å². The molecule has 3 rings (SSSR count). The van der Waals surface area contributed by atoms with Gasteiger partial charge in [0.25, 0.3) is 5.69 Å². The van der Waals surface area contributed by atoms with Crippen molar-refractivity contribution in [2.75, 3.05) is 0 Å². The lowest BCUT2D eigenvalue weighted by molar-refractivity contribution is -0.385. The third-order valence-electron chi connectivity index (χ3n) is 3.74. The van der Waals surface area contributed by atoms with Gasteiger partial charge in [0.2, 0.25) is 0 Å². The molecule has 0 saturated carbocycles. The zero-order chi connectivity index (χ0) is 15.9. The van der Waals surface area contributed by atoms with Gasteiger partial charge in [-0.2, -0.15) is 0 Å². The van der Waals surface area contributed by atoms with Gasteiger partial charge in [-0.05, 0) is 55.7 Å². The number of ether oxygens (including phenoxy) is 1. The van der Waals surface area contributed by atoms with Crippen molar-refractivity contribution in [1.29, 1.82) is 0 Å². The second-order valence-electron chi connectivity index (χ2n) is 5.45. The molecule has 0 aliphatic carbocycles. The summed E-state index contributed by atoms with van der Waals surface area (Å²) in [6, 6.07) is 8.89. The van der Waals surface area contributed by atoms with Crippen LogP contribution in [-0.2, 0) is 0 Å². The molecule has 0 bridgehead atoms. The molecule has 0 aliphatic heterocycles. The van der Waals surface area contributed by atoms with Crippen LogP contribution in [0.25, 0.3) is 10.9 Å². The van der Waals surface area contributed by atoms with Gasteiger partial charge in [0.15, 0.2) is 0 Å². The number of aromatic amines is 1. The highest BCUT2D eigenvalue weighted by Gasteiger charge is 2.14. The average molecular weight is 296 g/mol. The standard InChI is InChI=1S/C17H16N2O3/c1-10-6-13(19(20)21)7-11(2)17(10)22-14-4-5-16-15(8-14)12(3)9-18-16/h4-9,18H,1-3H3. The second-order valence-corrected chi connectivity index (χ2v) is 5.45. The van der Waals surface area contributed by atoms with E-state index >= 15 is 0 Å². The molecule has 0 aliphatic rings. The average Bonchev–Trinajstić information content (AvgIpc) is 2.84. The molecule has 0 spiro atoms. The normalized spacial score (nSPS) is 10.9.